The van der Waals surface area contributed by atoms with E-state index >= 15 is 0 Å². The Bertz CT molecular complexity index is 393. The zero-order chi connectivity index (χ0) is 12.1. The molecule has 2 atom stereocenters. The third kappa shape index (κ3) is 2.87. The Balaban J connectivity index is 1.96. The normalized spacial score (nSPS) is 28.6. The van der Waals surface area contributed by atoms with Crippen molar-refractivity contribution in [1.82, 2.24) is 5.32 Å². The van der Waals surface area contributed by atoms with Crippen molar-refractivity contribution in [3.05, 3.63) is 35.9 Å². The first-order valence-corrected chi connectivity index (χ1v) is 6.43. The summed E-state index contributed by atoms with van der Waals surface area (Å²) in [5, 5.41) is 12.9. The summed E-state index contributed by atoms with van der Waals surface area (Å²) in [6.45, 7) is 2.96. The number of nitrogens with zero attached hydrogens (tertiary/aromatic N) is 1. The van der Waals surface area contributed by atoms with Crippen molar-refractivity contribution in [2.45, 2.75) is 45.2 Å². The van der Waals surface area contributed by atoms with E-state index in [4.69, 9.17) is 0 Å². The molecule has 1 aromatic carbocycles. The molecule has 1 aromatic rings. The molecular weight excluding hydrogens is 208 g/mol. The molecule has 2 rings (SSSR count). The van der Waals surface area contributed by atoms with Crippen molar-refractivity contribution in [2.24, 2.45) is 5.41 Å². The molecule has 2 unspecified atom stereocenters. The summed E-state index contributed by atoms with van der Waals surface area (Å²) >= 11 is 0. The van der Waals surface area contributed by atoms with Gasteiger partial charge in [0.2, 0.25) is 0 Å². The van der Waals surface area contributed by atoms with Crippen LogP contribution < -0.4 is 5.32 Å². The standard InChI is InChI=1S/C15H20N2/c1-15(12-16)10-6-5-9-14(15)17-11-13-7-3-2-4-8-13/h2-4,7-8,14,17H,5-6,9-11H2,1H3. The predicted octanol–water partition coefficient (Wildman–Crippen LogP) is 3.25. The molecule has 0 bridgehead atoms. The van der Waals surface area contributed by atoms with Gasteiger partial charge in [-0.25, -0.2) is 0 Å². The maximum Gasteiger partial charge on any atom is 0.0703 e. The van der Waals surface area contributed by atoms with Gasteiger partial charge in [-0.05, 0) is 25.3 Å². The van der Waals surface area contributed by atoms with Crippen LogP contribution in [0.1, 0.15) is 38.2 Å². The zero-order valence-corrected chi connectivity index (χ0v) is 10.4. The quantitative estimate of drug-likeness (QED) is 0.862. The maximum atomic E-state index is 9.33. The molecule has 0 spiro atoms. The Morgan fingerprint density at radius 2 is 2.12 bits per heavy atom. The van der Waals surface area contributed by atoms with Crippen molar-refractivity contribution in [3.8, 4) is 6.07 Å². The van der Waals surface area contributed by atoms with Crippen molar-refractivity contribution in [2.75, 3.05) is 0 Å². The van der Waals surface area contributed by atoms with Gasteiger partial charge in [-0.1, -0.05) is 43.2 Å². The van der Waals surface area contributed by atoms with E-state index in [1.807, 2.05) is 6.07 Å². The highest BCUT2D eigenvalue weighted by Crippen LogP contribution is 2.35. The first-order chi connectivity index (χ1) is 8.24. The number of nitrogens with one attached hydrogen (secondary N) is 1. The first kappa shape index (κ1) is 12.1. The van der Waals surface area contributed by atoms with Gasteiger partial charge in [0.05, 0.1) is 11.5 Å². The monoisotopic (exact) mass is 228 g/mol. The largest absolute Gasteiger partial charge is 0.308 e. The van der Waals surface area contributed by atoms with E-state index in [1.165, 1.54) is 18.4 Å². The molecule has 0 aliphatic heterocycles. The van der Waals surface area contributed by atoms with E-state index in [1.54, 1.807) is 0 Å². The number of benzene rings is 1. The van der Waals surface area contributed by atoms with E-state index in [0.29, 0.717) is 6.04 Å². The number of hydrogen-bond acceptors (Lipinski definition) is 2. The molecule has 2 heteroatoms. The van der Waals surface area contributed by atoms with E-state index < -0.39 is 0 Å². The van der Waals surface area contributed by atoms with Crippen molar-refractivity contribution < 1.29 is 0 Å². The molecule has 0 saturated heterocycles. The molecule has 1 aliphatic rings. The first-order valence-electron chi connectivity index (χ1n) is 6.43. The summed E-state index contributed by atoms with van der Waals surface area (Å²) in [7, 11) is 0. The third-order valence-corrected chi connectivity index (χ3v) is 3.86. The molecule has 0 radical (unpaired) electrons. The lowest BCUT2D eigenvalue weighted by Gasteiger charge is -2.36. The fraction of sp³-hybridized carbons (Fsp3) is 0.533. The summed E-state index contributed by atoms with van der Waals surface area (Å²) in [5.41, 5.74) is 1.10. The minimum atomic E-state index is -0.187. The van der Waals surface area contributed by atoms with Crippen LogP contribution in [0, 0.1) is 16.7 Å². The van der Waals surface area contributed by atoms with Gasteiger partial charge in [0.1, 0.15) is 0 Å². The molecule has 1 fully saturated rings. The molecule has 0 amide bonds. The second-order valence-corrected chi connectivity index (χ2v) is 5.19. The Labute approximate surface area is 104 Å². The van der Waals surface area contributed by atoms with Crippen molar-refractivity contribution >= 4 is 0 Å². The van der Waals surface area contributed by atoms with Gasteiger partial charge in [-0.3, -0.25) is 0 Å². The smallest absolute Gasteiger partial charge is 0.0703 e. The fourth-order valence-corrected chi connectivity index (χ4v) is 2.63. The van der Waals surface area contributed by atoms with Gasteiger partial charge in [0.15, 0.2) is 0 Å². The van der Waals surface area contributed by atoms with Crippen LogP contribution in [-0.2, 0) is 6.54 Å². The Kier molecular flexibility index (Phi) is 3.81. The lowest BCUT2D eigenvalue weighted by molar-refractivity contribution is 0.208. The molecule has 0 heterocycles. The fourth-order valence-electron chi connectivity index (χ4n) is 2.63. The summed E-state index contributed by atoms with van der Waals surface area (Å²) in [6.07, 6.45) is 4.57. The minimum Gasteiger partial charge on any atom is -0.308 e. The Morgan fingerprint density at radius 1 is 1.35 bits per heavy atom. The van der Waals surface area contributed by atoms with Crippen LogP contribution in [0.4, 0.5) is 0 Å². The van der Waals surface area contributed by atoms with E-state index in [2.05, 4.69) is 42.6 Å². The predicted molar refractivity (Wildman–Crippen MR) is 69.3 cm³/mol. The lowest BCUT2D eigenvalue weighted by Crippen LogP contribution is -2.44. The Hall–Kier alpha value is -1.33. The average Bonchev–Trinajstić information content (AvgIpc) is 2.39. The van der Waals surface area contributed by atoms with Gasteiger partial charge < -0.3 is 5.32 Å². The molecule has 17 heavy (non-hydrogen) atoms. The van der Waals surface area contributed by atoms with Crippen molar-refractivity contribution in [1.29, 1.82) is 5.26 Å². The van der Waals surface area contributed by atoms with Crippen LogP contribution in [-0.4, -0.2) is 6.04 Å². The third-order valence-electron chi connectivity index (χ3n) is 3.86. The van der Waals surface area contributed by atoms with E-state index in [-0.39, 0.29) is 5.41 Å². The summed E-state index contributed by atoms with van der Waals surface area (Å²) < 4.78 is 0. The molecule has 1 saturated carbocycles. The summed E-state index contributed by atoms with van der Waals surface area (Å²) in [6, 6.07) is 13.2. The van der Waals surface area contributed by atoms with Gasteiger partial charge in [0.25, 0.3) is 0 Å². The molecule has 1 aliphatic carbocycles. The summed E-state index contributed by atoms with van der Waals surface area (Å²) in [5.74, 6) is 0. The SMILES string of the molecule is CC1(C#N)CCCCC1NCc1ccccc1. The number of nitriles is 1. The maximum absolute atomic E-state index is 9.33. The van der Waals surface area contributed by atoms with Crippen LogP contribution in [0.2, 0.25) is 0 Å². The molecule has 0 aromatic heterocycles. The van der Waals surface area contributed by atoms with Gasteiger partial charge in [0, 0.05) is 12.6 Å². The molecular formula is C15H20N2. The van der Waals surface area contributed by atoms with Crippen LogP contribution in [0.5, 0.6) is 0 Å². The highest BCUT2D eigenvalue weighted by Gasteiger charge is 2.36. The number of rotatable bonds is 3. The van der Waals surface area contributed by atoms with Crippen LogP contribution in [0.25, 0.3) is 0 Å². The van der Waals surface area contributed by atoms with E-state index in [9.17, 15) is 5.26 Å². The molecule has 90 valence electrons. The number of hydrogen-bond donors (Lipinski definition) is 1. The zero-order valence-electron chi connectivity index (χ0n) is 10.4. The average molecular weight is 228 g/mol. The van der Waals surface area contributed by atoms with Gasteiger partial charge in [-0.15, -0.1) is 0 Å². The second-order valence-electron chi connectivity index (χ2n) is 5.19. The second kappa shape index (κ2) is 5.33. The summed E-state index contributed by atoms with van der Waals surface area (Å²) in [4.78, 5) is 0. The van der Waals surface area contributed by atoms with Gasteiger partial charge in [-0.2, -0.15) is 5.26 Å². The van der Waals surface area contributed by atoms with E-state index in [0.717, 1.165) is 19.4 Å². The molecule has 2 nitrogen and oxygen atoms in total. The highest BCUT2D eigenvalue weighted by molar-refractivity contribution is 5.15. The van der Waals surface area contributed by atoms with Crippen LogP contribution >= 0.6 is 0 Å². The molecule has 1 N–H and O–H groups in total. The topological polar surface area (TPSA) is 35.8 Å². The Morgan fingerprint density at radius 3 is 2.82 bits per heavy atom. The van der Waals surface area contributed by atoms with Crippen LogP contribution in [0.15, 0.2) is 30.3 Å². The lowest BCUT2D eigenvalue weighted by atomic mass is 9.73. The minimum absolute atomic E-state index is 0.187. The van der Waals surface area contributed by atoms with Crippen LogP contribution in [0.3, 0.4) is 0 Å². The highest BCUT2D eigenvalue weighted by atomic mass is 14.9. The van der Waals surface area contributed by atoms with Crippen molar-refractivity contribution in [3.63, 3.8) is 0 Å². The van der Waals surface area contributed by atoms with Gasteiger partial charge >= 0.3 is 0 Å².